The monoisotopic (exact) mass is 355 g/mol. The Morgan fingerprint density at radius 1 is 1.04 bits per heavy atom. The van der Waals surface area contributed by atoms with Crippen molar-refractivity contribution in [3.05, 3.63) is 60.2 Å². The van der Waals surface area contributed by atoms with Crippen molar-refractivity contribution in [2.75, 3.05) is 0 Å². The number of carbonyl (C=O) groups is 2. The summed E-state index contributed by atoms with van der Waals surface area (Å²) in [4.78, 5) is 23.7. The lowest BCUT2D eigenvalue weighted by atomic mass is 10.0. The highest BCUT2D eigenvalue weighted by atomic mass is 16.6. The quantitative estimate of drug-likeness (QED) is 0.832. The Kier molecular flexibility index (Phi) is 5.41. The minimum absolute atomic E-state index is 0.0414. The second kappa shape index (κ2) is 7.91. The Morgan fingerprint density at radius 2 is 1.65 bits per heavy atom. The molecule has 3 rings (SSSR count). The van der Waals surface area contributed by atoms with E-state index in [2.05, 4.69) is 5.32 Å². The molecule has 6 nitrogen and oxygen atoms in total. The number of nitrogens with one attached hydrogen (secondary N) is 1. The van der Waals surface area contributed by atoms with Gasteiger partial charge in [0.2, 0.25) is 6.10 Å². The van der Waals surface area contributed by atoms with Crippen LogP contribution in [0.5, 0.6) is 11.5 Å². The molecule has 0 aromatic heterocycles. The molecule has 2 aromatic carbocycles. The van der Waals surface area contributed by atoms with Crippen molar-refractivity contribution in [1.82, 2.24) is 5.32 Å². The van der Waals surface area contributed by atoms with Crippen molar-refractivity contribution in [2.45, 2.75) is 38.0 Å². The van der Waals surface area contributed by atoms with Crippen LogP contribution in [0.4, 0.5) is 0 Å². The number of carbonyl (C=O) groups excluding carboxylic acids is 1. The van der Waals surface area contributed by atoms with Crippen molar-refractivity contribution >= 4 is 11.9 Å². The maximum absolute atomic E-state index is 12.8. The molecule has 1 amide bonds. The number of hydrogen-bond donors (Lipinski definition) is 2. The van der Waals surface area contributed by atoms with Gasteiger partial charge in [0.1, 0.15) is 6.10 Å². The van der Waals surface area contributed by atoms with E-state index in [4.69, 9.17) is 14.6 Å². The summed E-state index contributed by atoms with van der Waals surface area (Å²) in [6, 6.07) is 16.1. The van der Waals surface area contributed by atoms with Crippen LogP contribution in [0.3, 0.4) is 0 Å². The van der Waals surface area contributed by atoms with Crippen molar-refractivity contribution in [3.63, 3.8) is 0 Å². The highest BCUT2D eigenvalue weighted by molar-refractivity contribution is 5.82. The Morgan fingerprint density at radius 3 is 2.31 bits per heavy atom. The molecular formula is C20H21NO5. The van der Waals surface area contributed by atoms with Gasteiger partial charge in [0.05, 0.1) is 6.04 Å². The second-order valence-corrected chi connectivity index (χ2v) is 6.21. The lowest BCUT2D eigenvalue weighted by molar-refractivity contribution is -0.138. The molecule has 0 radical (unpaired) electrons. The van der Waals surface area contributed by atoms with E-state index in [1.165, 1.54) is 0 Å². The molecule has 0 bridgehead atoms. The van der Waals surface area contributed by atoms with Gasteiger partial charge in [0, 0.05) is 6.42 Å². The molecule has 1 aliphatic rings. The summed E-state index contributed by atoms with van der Waals surface area (Å²) in [5.74, 6) is -0.104. The Balaban J connectivity index is 1.74. The van der Waals surface area contributed by atoms with Gasteiger partial charge in [-0.15, -0.1) is 0 Å². The number of ether oxygens (including phenoxy) is 2. The summed E-state index contributed by atoms with van der Waals surface area (Å²) >= 11 is 0. The molecule has 0 saturated carbocycles. The molecule has 6 heteroatoms. The van der Waals surface area contributed by atoms with Crippen LogP contribution < -0.4 is 14.8 Å². The van der Waals surface area contributed by atoms with Crippen LogP contribution in [-0.4, -0.2) is 29.2 Å². The molecule has 0 aliphatic carbocycles. The summed E-state index contributed by atoms with van der Waals surface area (Å²) in [6.45, 7) is 1.77. The van der Waals surface area contributed by atoms with E-state index in [1.807, 2.05) is 42.5 Å². The van der Waals surface area contributed by atoms with E-state index < -0.39 is 24.2 Å². The standard InChI is InChI=1S/C20H21NO5/c1-13-19(26-17-10-6-5-9-16(17)25-13)20(24)21-15(11-12-18(22)23)14-7-3-2-4-8-14/h2-10,13,15,19H,11-12H2,1H3,(H,21,24)(H,22,23). The third-order valence-corrected chi connectivity index (χ3v) is 4.27. The van der Waals surface area contributed by atoms with E-state index in [1.54, 1.807) is 19.1 Å². The highest BCUT2D eigenvalue weighted by Crippen LogP contribution is 2.33. The lowest BCUT2D eigenvalue weighted by Gasteiger charge is -2.32. The average molecular weight is 355 g/mol. The number of fused-ring (bicyclic) bond motifs is 1. The number of benzene rings is 2. The van der Waals surface area contributed by atoms with Crippen molar-refractivity contribution in [1.29, 1.82) is 0 Å². The van der Waals surface area contributed by atoms with Gasteiger partial charge in [-0.05, 0) is 31.0 Å². The minimum Gasteiger partial charge on any atom is -0.482 e. The molecular weight excluding hydrogens is 334 g/mol. The summed E-state index contributed by atoms with van der Waals surface area (Å²) in [5.41, 5.74) is 0.854. The van der Waals surface area contributed by atoms with Gasteiger partial charge >= 0.3 is 5.97 Å². The number of carboxylic acid groups (broad SMARTS) is 1. The maximum atomic E-state index is 12.8. The zero-order chi connectivity index (χ0) is 18.5. The molecule has 0 fully saturated rings. The fourth-order valence-corrected chi connectivity index (χ4v) is 2.94. The van der Waals surface area contributed by atoms with Gasteiger partial charge in [-0.25, -0.2) is 0 Å². The first-order valence-electron chi connectivity index (χ1n) is 8.54. The van der Waals surface area contributed by atoms with E-state index in [0.29, 0.717) is 17.9 Å². The summed E-state index contributed by atoms with van der Waals surface area (Å²) in [5, 5.41) is 11.9. The zero-order valence-corrected chi connectivity index (χ0v) is 14.4. The van der Waals surface area contributed by atoms with Gasteiger partial charge < -0.3 is 19.9 Å². The number of aliphatic carboxylic acids is 1. The van der Waals surface area contributed by atoms with Crippen LogP contribution in [0.25, 0.3) is 0 Å². The molecule has 2 aromatic rings. The molecule has 3 unspecified atom stereocenters. The zero-order valence-electron chi connectivity index (χ0n) is 14.4. The third-order valence-electron chi connectivity index (χ3n) is 4.27. The average Bonchev–Trinajstić information content (AvgIpc) is 2.65. The van der Waals surface area contributed by atoms with Crippen molar-refractivity contribution in [2.24, 2.45) is 0 Å². The normalized spacial score (nSPS) is 19.4. The molecule has 0 saturated heterocycles. The minimum atomic E-state index is -0.903. The predicted octanol–water partition coefficient (Wildman–Crippen LogP) is 2.94. The van der Waals surface area contributed by atoms with Gasteiger partial charge in [-0.3, -0.25) is 9.59 Å². The number of rotatable bonds is 6. The van der Waals surface area contributed by atoms with E-state index in [-0.39, 0.29) is 12.3 Å². The van der Waals surface area contributed by atoms with Crippen LogP contribution in [0, 0.1) is 0 Å². The van der Waals surface area contributed by atoms with Gasteiger partial charge in [-0.1, -0.05) is 42.5 Å². The molecule has 136 valence electrons. The van der Waals surface area contributed by atoms with E-state index >= 15 is 0 Å². The third kappa shape index (κ3) is 4.14. The maximum Gasteiger partial charge on any atom is 0.303 e. The number of amides is 1. The summed E-state index contributed by atoms with van der Waals surface area (Å²) < 4.78 is 11.6. The van der Waals surface area contributed by atoms with E-state index in [0.717, 1.165) is 5.56 Å². The Bertz CT molecular complexity index is 777. The van der Waals surface area contributed by atoms with Crippen LogP contribution in [0.1, 0.15) is 31.4 Å². The van der Waals surface area contributed by atoms with Gasteiger partial charge in [0.15, 0.2) is 11.5 Å². The van der Waals surface area contributed by atoms with Crippen LogP contribution >= 0.6 is 0 Å². The lowest BCUT2D eigenvalue weighted by Crippen LogP contribution is -2.49. The molecule has 1 aliphatic heterocycles. The van der Waals surface area contributed by atoms with Crippen LogP contribution in [-0.2, 0) is 9.59 Å². The molecule has 0 spiro atoms. The predicted molar refractivity (Wildman–Crippen MR) is 95.1 cm³/mol. The first kappa shape index (κ1) is 17.8. The van der Waals surface area contributed by atoms with Crippen molar-refractivity contribution in [3.8, 4) is 11.5 Å². The van der Waals surface area contributed by atoms with Crippen LogP contribution in [0.15, 0.2) is 54.6 Å². The fourth-order valence-electron chi connectivity index (χ4n) is 2.94. The molecule has 1 heterocycles. The topological polar surface area (TPSA) is 84.9 Å². The molecule has 3 atom stereocenters. The Labute approximate surface area is 151 Å². The summed E-state index contributed by atoms with van der Waals surface area (Å²) in [7, 11) is 0. The molecule has 2 N–H and O–H groups in total. The number of carboxylic acids is 1. The van der Waals surface area contributed by atoms with Gasteiger partial charge in [-0.2, -0.15) is 0 Å². The van der Waals surface area contributed by atoms with E-state index in [9.17, 15) is 9.59 Å². The SMILES string of the molecule is CC1Oc2ccccc2OC1C(=O)NC(CCC(=O)O)c1ccccc1. The molecule has 26 heavy (non-hydrogen) atoms. The first-order valence-corrected chi connectivity index (χ1v) is 8.54. The first-order chi connectivity index (χ1) is 12.5. The Hall–Kier alpha value is -3.02. The smallest absolute Gasteiger partial charge is 0.303 e. The van der Waals surface area contributed by atoms with Gasteiger partial charge in [0.25, 0.3) is 5.91 Å². The van der Waals surface area contributed by atoms with Crippen LogP contribution in [0.2, 0.25) is 0 Å². The highest BCUT2D eigenvalue weighted by Gasteiger charge is 2.35. The number of hydrogen-bond acceptors (Lipinski definition) is 4. The van der Waals surface area contributed by atoms with Crippen molar-refractivity contribution < 1.29 is 24.2 Å². The summed E-state index contributed by atoms with van der Waals surface area (Å²) in [6.07, 6.45) is -1.01. The largest absolute Gasteiger partial charge is 0.482 e. The fraction of sp³-hybridized carbons (Fsp3) is 0.300. The second-order valence-electron chi connectivity index (χ2n) is 6.21. The number of para-hydroxylation sites is 2.